The Bertz CT molecular complexity index is 1810. The summed E-state index contributed by atoms with van der Waals surface area (Å²) in [4.78, 5) is 17.8. The van der Waals surface area contributed by atoms with Crippen molar-refractivity contribution in [3.63, 3.8) is 0 Å². The number of nitrogens with zero attached hydrogens (tertiary/aromatic N) is 4. The molecule has 0 aliphatic rings. The molecule has 0 aliphatic heterocycles. The minimum absolute atomic E-state index is 0.257. The summed E-state index contributed by atoms with van der Waals surface area (Å²) in [6.07, 6.45) is 5.32. The number of nitriles is 1. The van der Waals surface area contributed by atoms with Crippen molar-refractivity contribution in [2.75, 3.05) is 27.4 Å². The fourth-order valence-corrected chi connectivity index (χ4v) is 7.28. The number of carbonyl (C=O) groups is 1. The van der Waals surface area contributed by atoms with Gasteiger partial charge < -0.3 is 28.1 Å². The Morgan fingerprint density at radius 3 is 2.26 bits per heavy atom. The van der Waals surface area contributed by atoms with E-state index in [9.17, 15) is 10.1 Å². The van der Waals surface area contributed by atoms with E-state index in [4.69, 9.17) is 23.9 Å². The van der Waals surface area contributed by atoms with E-state index in [2.05, 4.69) is 62.9 Å². The molecule has 1 atom stereocenters. The molecule has 0 radical (unpaired) electrons. The number of rotatable bonds is 15. The molecule has 2 heterocycles. The molecular weight excluding hydrogens is 625 g/mol. The summed E-state index contributed by atoms with van der Waals surface area (Å²) in [5.74, 6) is 0.839. The number of methoxy groups -OCH3 is 2. The van der Waals surface area contributed by atoms with Crippen LogP contribution in [0, 0.1) is 18.3 Å². The van der Waals surface area contributed by atoms with Crippen molar-refractivity contribution in [3.8, 4) is 11.8 Å². The monoisotopic (exact) mass is 674 g/mol. The zero-order chi connectivity index (χ0) is 34.6. The van der Waals surface area contributed by atoms with Crippen molar-refractivity contribution in [1.29, 1.82) is 5.26 Å². The number of allylic oxidation sites excluding steroid dienone is 1. The van der Waals surface area contributed by atoms with Crippen molar-refractivity contribution in [2.45, 2.75) is 84.1 Å². The van der Waals surface area contributed by atoms with Crippen LogP contribution in [0.1, 0.15) is 29.4 Å². The first-order valence-corrected chi connectivity index (χ1v) is 23.5. The fourth-order valence-electron chi connectivity index (χ4n) is 5.76. The second-order valence-corrected chi connectivity index (χ2v) is 26.0. The summed E-state index contributed by atoms with van der Waals surface area (Å²) in [5, 5.41) is 10.6. The molecule has 252 valence electrons. The Labute approximate surface area is 281 Å². The molecule has 0 fully saturated rings. The van der Waals surface area contributed by atoms with Gasteiger partial charge >= 0.3 is 5.97 Å². The van der Waals surface area contributed by atoms with Crippen LogP contribution in [0.25, 0.3) is 21.9 Å². The molecule has 0 saturated heterocycles. The SMILES string of the molecule is COC(=O)/C=C/C(C)(c1c(OC)cc(C)c2c1ccn2COCC[Si](C)(C)C)c1nc2cc(C#N)ccc2n1COCC[Si](C)(C)C. The third-order valence-corrected chi connectivity index (χ3v) is 11.9. The van der Waals surface area contributed by atoms with Crippen LogP contribution in [0.4, 0.5) is 0 Å². The van der Waals surface area contributed by atoms with Gasteiger partial charge in [0.25, 0.3) is 0 Å². The highest BCUT2D eigenvalue weighted by molar-refractivity contribution is 6.76. The Balaban J connectivity index is 1.95. The number of benzene rings is 2. The summed E-state index contributed by atoms with van der Waals surface area (Å²) < 4.78 is 27.8. The van der Waals surface area contributed by atoms with Crippen LogP contribution in [-0.2, 0) is 37.9 Å². The van der Waals surface area contributed by atoms with Gasteiger partial charge in [0.2, 0.25) is 0 Å². The highest BCUT2D eigenvalue weighted by Crippen LogP contribution is 2.45. The van der Waals surface area contributed by atoms with Crippen LogP contribution in [0.5, 0.6) is 5.75 Å². The Kier molecular flexibility index (Phi) is 11.2. The van der Waals surface area contributed by atoms with Gasteiger partial charge in [-0.05, 0) is 61.8 Å². The second-order valence-electron chi connectivity index (χ2n) is 14.8. The molecule has 4 rings (SSSR count). The van der Waals surface area contributed by atoms with Crippen LogP contribution in [0.15, 0.2) is 48.7 Å². The van der Waals surface area contributed by atoms with Crippen LogP contribution in [-0.4, -0.2) is 63.7 Å². The lowest BCUT2D eigenvalue weighted by atomic mass is 9.78. The number of carbonyl (C=O) groups excluding carboxylic acids is 1. The van der Waals surface area contributed by atoms with Crippen molar-refractivity contribution >= 4 is 44.1 Å². The number of fused-ring (bicyclic) bond motifs is 2. The predicted molar refractivity (Wildman–Crippen MR) is 193 cm³/mol. The number of aryl methyl sites for hydroxylation is 1. The van der Waals surface area contributed by atoms with Crippen molar-refractivity contribution < 1.29 is 23.7 Å². The summed E-state index contributed by atoms with van der Waals surface area (Å²) in [5.41, 5.74) is 3.93. The maximum Gasteiger partial charge on any atom is 0.330 e. The first-order valence-electron chi connectivity index (χ1n) is 16.1. The molecule has 0 spiro atoms. The van der Waals surface area contributed by atoms with Crippen LogP contribution in [0.3, 0.4) is 0 Å². The normalized spacial score (nSPS) is 13.7. The highest BCUT2D eigenvalue weighted by atomic mass is 28.3. The third kappa shape index (κ3) is 8.43. The molecule has 11 heteroatoms. The highest BCUT2D eigenvalue weighted by Gasteiger charge is 2.38. The summed E-state index contributed by atoms with van der Waals surface area (Å²) in [6.45, 7) is 20.1. The largest absolute Gasteiger partial charge is 0.496 e. The maximum absolute atomic E-state index is 12.6. The molecule has 0 N–H and O–H groups in total. The van der Waals surface area contributed by atoms with Crippen LogP contribution >= 0.6 is 0 Å². The number of hydrogen-bond donors (Lipinski definition) is 0. The van der Waals surface area contributed by atoms with Crippen molar-refractivity contribution in [2.24, 2.45) is 0 Å². The molecule has 4 aromatic rings. The van der Waals surface area contributed by atoms with Gasteiger partial charge in [0.15, 0.2) is 0 Å². The first kappa shape index (κ1) is 36.1. The first-order chi connectivity index (χ1) is 22.1. The Morgan fingerprint density at radius 1 is 1.00 bits per heavy atom. The van der Waals surface area contributed by atoms with E-state index in [0.717, 1.165) is 39.6 Å². The molecule has 0 bridgehead atoms. The second kappa shape index (κ2) is 14.6. The van der Waals surface area contributed by atoms with Crippen LogP contribution < -0.4 is 4.74 Å². The predicted octanol–water partition coefficient (Wildman–Crippen LogP) is 7.84. The maximum atomic E-state index is 12.6. The van der Waals surface area contributed by atoms with Gasteiger partial charge in [-0.3, -0.25) is 0 Å². The lowest BCUT2D eigenvalue weighted by Crippen LogP contribution is -2.28. The fraction of sp³-hybridized carbons (Fsp3) is 0.472. The average molecular weight is 675 g/mol. The van der Waals surface area contributed by atoms with E-state index in [0.29, 0.717) is 42.6 Å². The molecule has 2 aromatic heterocycles. The van der Waals surface area contributed by atoms with Gasteiger partial charge in [0, 0.05) is 52.6 Å². The summed E-state index contributed by atoms with van der Waals surface area (Å²) in [7, 11) is 0.473. The van der Waals surface area contributed by atoms with E-state index < -0.39 is 27.5 Å². The van der Waals surface area contributed by atoms with E-state index in [1.165, 1.54) is 13.2 Å². The standard InChI is InChI=1S/C36H50N4O5Si2/c1-26-21-31(42-3)33(28-14-16-39(34(26)28)24-44-17-19-46(5,6)7)36(2,15-13-32(41)43-4)35-38-29-22-27(23-37)11-12-30(29)40(35)25-45-18-20-47(8,9)10/h11-16,21-22H,17-20,24-25H2,1-10H3/b15-13+. The van der Waals surface area contributed by atoms with Gasteiger partial charge in [-0.2, -0.15) is 5.26 Å². The van der Waals surface area contributed by atoms with Gasteiger partial charge in [0.1, 0.15) is 25.0 Å². The molecule has 2 aromatic carbocycles. The number of ether oxygens (including phenoxy) is 4. The van der Waals surface area contributed by atoms with Crippen molar-refractivity contribution in [1.82, 2.24) is 14.1 Å². The molecule has 0 aliphatic carbocycles. The summed E-state index contributed by atoms with van der Waals surface area (Å²) >= 11 is 0. The molecule has 0 amide bonds. The van der Waals surface area contributed by atoms with E-state index >= 15 is 0 Å². The Morgan fingerprint density at radius 2 is 1.66 bits per heavy atom. The van der Waals surface area contributed by atoms with E-state index in [-0.39, 0.29) is 6.73 Å². The van der Waals surface area contributed by atoms with E-state index in [1.54, 1.807) is 19.2 Å². The quantitative estimate of drug-likeness (QED) is 0.0548. The lowest BCUT2D eigenvalue weighted by Gasteiger charge is -2.30. The lowest BCUT2D eigenvalue weighted by molar-refractivity contribution is -0.134. The van der Waals surface area contributed by atoms with Gasteiger partial charge in [-0.15, -0.1) is 0 Å². The topological polar surface area (TPSA) is 101 Å². The average Bonchev–Trinajstić information content (AvgIpc) is 3.60. The minimum Gasteiger partial charge on any atom is -0.496 e. The molecule has 0 saturated carbocycles. The minimum atomic E-state index is -1.32. The van der Waals surface area contributed by atoms with Gasteiger partial charge in [-0.1, -0.05) is 45.4 Å². The number of hydrogen-bond acceptors (Lipinski definition) is 7. The number of aromatic nitrogens is 3. The van der Waals surface area contributed by atoms with Gasteiger partial charge in [-0.25, -0.2) is 9.78 Å². The van der Waals surface area contributed by atoms with E-state index in [1.807, 2.05) is 35.9 Å². The van der Waals surface area contributed by atoms with Crippen LogP contribution in [0.2, 0.25) is 51.4 Å². The third-order valence-electron chi connectivity index (χ3n) is 8.48. The molecule has 1 unspecified atom stereocenters. The molecule has 47 heavy (non-hydrogen) atoms. The number of imidazole rings is 1. The number of esters is 1. The zero-order valence-corrected chi connectivity index (χ0v) is 31.7. The summed E-state index contributed by atoms with van der Waals surface area (Å²) in [6, 6.07) is 13.9. The smallest absolute Gasteiger partial charge is 0.330 e. The molecule has 9 nitrogen and oxygen atoms in total. The van der Waals surface area contributed by atoms with Crippen molar-refractivity contribution in [3.05, 3.63) is 71.2 Å². The Hall–Kier alpha value is -3.70. The van der Waals surface area contributed by atoms with Gasteiger partial charge in [0.05, 0.1) is 47.8 Å². The molecular formula is C36H50N4O5Si2. The zero-order valence-electron chi connectivity index (χ0n) is 29.7.